The molecule has 218 valence electrons. The molecule has 0 saturated carbocycles. The number of anilines is 3. The van der Waals surface area contributed by atoms with Gasteiger partial charge >= 0.3 is 0 Å². The predicted molar refractivity (Wildman–Crippen MR) is 166 cm³/mol. The third kappa shape index (κ3) is 6.58. The molecule has 3 N–H and O–H groups in total. The van der Waals surface area contributed by atoms with Crippen LogP contribution in [0.2, 0.25) is 0 Å². The number of carbonyl (C=O) groups is 1. The SMILES string of the molecule is COc1cc(C2CCN(CC(C)(C)O)CC2)ccc1Nc1ncc(Br)c(CCc2cccc3c2C(C)(C)C(=O)N3)n1. The number of likely N-dealkylation sites (tertiary alicyclic amines) is 1. The van der Waals surface area contributed by atoms with Crippen molar-refractivity contribution in [2.24, 2.45) is 0 Å². The summed E-state index contributed by atoms with van der Waals surface area (Å²) in [6, 6.07) is 12.4. The number of fused-ring (bicyclic) bond motifs is 1. The minimum absolute atomic E-state index is 0.0332. The zero-order valence-corrected chi connectivity index (χ0v) is 26.1. The first-order valence-electron chi connectivity index (χ1n) is 14.3. The molecule has 0 bridgehead atoms. The summed E-state index contributed by atoms with van der Waals surface area (Å²) in [6.07, 6.45) is 5.33. The van der Waals surface area contributed by atoms with Crippen molar-refractivity contribution in [2.45, 2.75) is 70.3 Å². The zero-order chi connectivity index (χ0) is 29.4. The van der Waals surface area contributed by atoms with Crippen LogP contribution in [0.4, 0.5) is 17.3 Å². The molecular formula is C32H40BrN5O3. The van der Waals surface area contributed by atoms with Gasteiger partial charge < -0.3 is 25.4 Å². The second-order valence-electron chi connectivity index (χ2n) is 12.4. The van der Waals surface area contributed by atoms with Crippen molar-refractivity contribution in [1.82, 2.24) is 14.9 Å². The van der Waals surface area contributed by atoms with Gasteiger partial charge in [-0.1, -0.05) is 18.2 Å². The molecule has 1 saturated heterocycles. The number of piperidine rings is 1. The molecule has 1 amide bonds. The van der Waals surface area contributed by atoms with E-state index in [-0.39, 0.29) is 5.91 Å². The number of hydrogen-bond acceptors (Lipinski definition) is 7. The fraction of sp³-hybridized carbons (Fsp3) is 0.469. The highest BCUT2D eigenvalue weighted by atomic mass is 79.9. The van der Waals surface area contributed by atoms with Crippen molar-refractivity contribution >= 4 is 39.2 Å². The van der Waals surface area contributed by atoms with Gasteiger partial charge in [-0.3, -0.25) is 4.79 Å². The molecule has 9 heteroatoms. The van der Waals surface area contributed by atoms with Gasteiger partial charge in [0.2, 0.25) is 11.9 Å². The Hall–Kier alpha value is -3.01. The highest BCUT2D eigenvalue weighted by Crippen LogP contribution is 2.40. The Bertz CT molecular complexity index is 1430. The van der Waals surface area contributed by atoms with E-state index in [1.165, 1.54) is 5.56 Å². The third-order valence-electron chi connectivity index (χ3n) is 8.18. The number of nitrogens with one attached hydrogen (secondary N) is 2. The van der Waals surface area contributed by atoms with Gasteiger partial charge in [0.15, 0.2) is 0 Å². The van der Waals surface area contributed by atoms with E-state index in [0.717, 1.165) is 70.8 Å². The summed E-state index contributed by atoms with van der Waals surface area (Å²) in [6.45, 7) is 10.3. The molecule has 2 aromatic carbocycles. The van der Waals surface area contributed by atoms with E-state index in [0.29, 0.717) is 24.8 Å². The van der Waals surface area contributed by atoms with Gasteiger partial charge in [0.25, 0.3) is 0 Å². The molecule has 1 fully saturated rings. The van der Waals surface area contributed by atoms with E-state index >= 15 is 0 Å². The van der Waals surface area contributed by atoms with Crippen molar-refractivity contribution in [3.63, 3.8) is 0 Å². The monoisotopic (exact) mass is 621 g/mol. The summed E-state index contributed by atoms with van der Waals surface area (Å²) in [5, 5.41) is 16.5. The van der Waals surface area contributed by atoms with E-state index in [4.69, 9.17) is 9.72 Å². The lowest BCUT2D eigenvalue weighted by Crippen LogP contribution is -2.42. The maximum atomic E-state index is 12.5. The average Bonchev–Trinajstić information content (AvgIpc) is 3.16. The Kier molecular flexibility index (Phi) is 8.41. The summed E-state index contributed by atoms with van der Waals surface area (Å²) in [7, 11) is 1.68. The van der Waals surface area contributed by atoms with Crippen LogP contribution < -0.4 is 15.4 Å². The van der Waals surface area contributed by atoms with Crippen LogP contribution in [0.3, 0.4) is 0 Å². The van der Waals surface area contributed by atoms with E-state index in [2.05, 4.69) is 54.6 Å². The predicted octanol–water partition coefficient (Wildman–Crippen LogP) is 5.96. The topological polar surface area (TPSA) is 99.6 Å². The van der Waals surface area contributed by atoms with Gasteiger partial charge in [-0.15, -0.1) is 0 Å². The number of nitrogens with zero attached hydrogens (tertiary/aromatic N) is 3. The van der Waals surface area contributed by atoms with Crippen molar-refractivity contribution < 1.29 is 14.6 Å². The fourth-order valence-electron chi connectivity index (χ4n) is 6.09. The maximum Gasteiger partial charge on any atom is 0.234 e. The van der Waals surface area contributed by atoms with Gasteiger partial charge in [0.05, 0.1) is 34.0 Å². The van der Waals surface area contributed by atoms with E-state index < -0.39 is 11.0 Å². The van der Waals surface area contributed by atoms with Gasteiger partial charge in [-0.2, -0.15) is 0 Å². The van der Waals surface area contributed by atoms with Crippen LogP contribution >= 0.6 is 15.9 Å². The quantitative estimate of drug-likeness (QED) is 0.271. The summed E-state index contributed by atoms with van der Waals surface area (Å²) in [4.78, 5) is 24.2. The second kappa shape index (κ2) is 11.7. The summed E-state index contributed by atoms with van der Waals surface area (Å²) < 4.78 is 6.61. The normalized spacial score (nSPS) is 17.3. The minimum Gasteiger partial charge on any atom is -0.495 e. The highest BCUT2D eigenvalue weighted by molar-refractivity contribution is 9.10. The summed E-state index contributed by atoms with van der Waals surface area (Å²) in [5.74, 6) is 1.76. The Morgan fingerprint density at radius 2 is 1.95 bits per heavy atom. The molecule has 3 aromatic rings. The smallest absolute Gasteiger partial charge is 0.234 e. The number of β-amino-alcohol motifs (C(OH)–C–C–N with tert-alkyl or cyclic N) is 1. The number of ether oxygens (including phenoxy) is 1. The van der Waals surface area contributed by atoms with Gasteiger partial charge in [0, 0.05) is 18.4 Å². The third-order valence-corrected chi connectivity index (χ3v) is 8.84. The van der Waals surface area contributed by atoms with Crippen LogP contribution in [0.5, 0.6) is 5.75 Å². The number of benzene rings is 2. The van der Waals surface area contributed by atoms with Crippen molar-refractivity contribution in [1.29, 1.82) is 0 Å². The molecular weight excluding hydrogens is 582 g/mol. The molecule has 0 atom stereocenters. The number of aliphatic hydroxyl groups is 1. The Morgan fingerprint density at radius 1 is 1.20 bits per heavy atom. The Morgan fingerprint density at radius 3 is 2.66 bits per heavy atom. The van der Waals surface area contributed by atoms with Gasteiger partial charge in [-0.05, 0) is 123 Å². The van der Waals surface area contributed by atoms with Crippen molar-refractivity contribution in [2.75, 3.05) is 37.4 Å². The van der Waals surface area contributed by atoms with E-state index in [9.17, 15) is 9.90 Å². The maximum absolute atomic E-state index is 12.5. The molecule has 0 aliphatic carbocycles. The Labute approximate surface area is 251 Å². The lowest BCUT2D eigenvalue weighted by Gasteiger charge is -2.35. The number of methoxy groups -OCH3 is 1. The first-order chi connectivity index (χ1) is 19.4. The molecule has 0 radical (unpaired) electrons. The average molecular weight is 623 g/mol. The fourth-order valence-corrected chi connectivity index (χ4v) is 6.48. The number of hydrogen-bond donors (Lipinski definition) is 3. The van der Waals surface area contributed by atoms with Crippen LogP contribution in [0, 0.1) is 0 Å². The summed E-state index contributed by atoms with van der Waals surface area (Å²) in [5.41, 5.74) is 4.86. The molecule has 1 aromatic heterocycles. The summed E-state index contributed by atoms with van der Waals surface area (Å²) >= 11 is 3.62. The number of halogens is 1. The largest absolute Gasteiger partial charge is 0.495 e. The highest BCUT2D eigenvalue weighted by Gasteiger charge is 2.39. The van der Waals surface area contributed by atoms with Crippen LogP contribution in [-0.4, -0.2) is 58.2 Å². The van der Waals surface area contributed by atoms with Crippen molar-refractivity contribution in [3.05, 3.63) is 69.5 Å². The number of carbonyl (C=O) groups excluding carboxylic acids is 1. The van der Waals surface area contributed by atoms with Crippen LogP contribution in [-0.2, 0) is 23.1 Å². The van der Waals surface area contributed by atoms with Gasteiger partial charge in [-0.25, -0.2) is 9.97 Å². The van der Waals surface area contributed by atoms with Crippen LogP contribution in [0.15, 0.2) is 47.1 Å². The molecule has 0 spiro atoms. The number of rotatable bonds is 9. The number of aromatic nitrogens is 2. The number of amides is 1. The Balaban J connectivity index is 1.27. The standard InChI is InChI=1S/C32H40BrN5O3/c1-31(2,40)19-38-15-13-20(14-16-38)22-10-12-25(27(17-22)41-5)37-30-34-18-23(33)24(36-30)11-9-21-7-6-8-26-28(21)32(3,4)29(39)35-26/h6-8,10,12,17-18,20,40H,9,11,13-16,19H2,1-5H3,(H,35,39)(H,34,36,37). The van der Waals surface area contributed by atoms with Crippen molar-refractivity contribution in [3.8, 4) is 5.75 Å². The van der Waals surface area contributed by atoms with Crippen LogP contribution in [0.1, 0.15) is 68.8 Å². The molecule has 2 aliphatic heterocycles. The first kappa shape index (κ1) is 29.5. The molecule has 5 rings (SSSR count). The van der Waals surface area contributed by atoms with E-state index in [1.54, 1.807) is 13.3 Å². The lowest BCUT2D eigenvalue weighted by molar-refractivity contribution is -0.119. The second-order valence-corrected chi connectivity index (χ2v) is 13.2. The number of aryl methyl sites for hydroxylation is 2. The molecule has 2 aliphatic rings. The molecule has 41 heavy (non-hydrogen) atoms. The molecule has 0 unspecified atom stereocenters. The zero-order valence-electron chi connectivity index (χ0n) is 24.6. The first-order valence-corrected chi connectivity index (χ1v) is 15.1. The lowest BCUT2D eigenvalue weighted by atomic mass is 9.82. The van der Waals surface area contributed by atoms with Crippen LogP contribution in [0.25, 0.3) is 0 Å². The molecule has 8 nitrogen and oxygen atoms in total. The molecule has 3 heterocycles. The minimum atomic E-state index is -0.672. The van der Waals surface area contributed by atoms with Gasteiger partial charge in [0.1, 0.15) is 5.75 Å². The van der Waals surface area contributed by atoms with E-state index in [1.807, 2.05) is 45.9 Å².